The van der Waals surface area contributed by atoms with Crippen LogP contribution in [0.25, 0.3) is 0 Å². The minimum absolute atomic E-state index is 0.0736. The van der Waals surface area contributed by atoms with Crippen molar-refractivity contribution in [3.8, 4) is 0 Å². The van der Waals surface area contributed by atoms with Gasteiger partial charge in [0.1, 0.15) is 5.82 Å². The molecule has 1 N–H and O–H groups in total. The van der Waals surface area contributed by atoms with Gasteiger partial charge in [-0.2, -0.15) is 13.2 Å². The van der Waals surface area contributed by atoms with Crippen LogP contribution >= 0.6 is 0 Å². The van der Waals surface area contributed by atoms with Crippen molar-refractivity contribution in [2.45, 2.75) is 32.1 Å². The predicted molar refractivity (Wildman–Crippen MR) is 60.0 cm³/mol. The van der Waals surface area contributed by atoms with Gasteiger partial charge in [-0.25, -0.2) is 4.39 Å². The normalized spacial score (nSPS) is 13.3. The summed E-state index contributed by atoms with van der Waals surface area (Å²) in [5, 5.41) is 13.0. The maximum absolute atomic E-state index is 13.1. The van der Waals surface area contributed by atoms with Crippen LogP contribution in [0, 0.1) is 15.9 Å². The van der Waals surface area contributed by atoms with Crippen LogP contribution in [0.1, 0.15) is 18.9 Å². The lowest BCUT2D eigenvalue weighted by Gasteiger charge is -2.15. The molecule has 0 aromatic heterocycles. The average molecular weight is 280 g/mol. The summed E-state index contributed by atoms with van der Waals surface area (Å²) in [6.07, 6.45) is -5.31. The second-order valence-electron chi connectivity index (χ2n) is 4.18. The highest BCUT2D eigenvalue weighted by atomic mass is 19.4. The highest BCUT2D eigenvalue weighted by molar-refractivity contribution is 5.35. The van der Waals surface area contributed by atoms with Gasteiger partial charge in [0.15, 0.2) is 0 Å². The third-order valence-electron chi connectivity index (χ3n) is 2.35. The van der Waals surface area contributed by atoms with E-state index >= 15 is 0 Å². The fourth-order valence-electron chi connectivity index (χ4n) is 1.55. The molecule has 0 amide bonds. The van der Waals surface area contributed by atoms with E-state index in [0.717, 1.165) is 18.2 Å². The monoisotopic (exact) mass is 280 g/mol. The Bertz CT molecular complexity index is 462. The highest BCUT2D eigenvalue weighted by Crippen LogP contribution is 2.22. The molecule has 4 nitrogen and oxygen atoms in total. The predicted octanol–water partition coefficient (Wildman–Crippen LogP) is 3.16. The van der Waals surface area contributed by atoms with E-state index in [0.29, 0.717) is 0 Å². The van der Waals surface area contributed by atoms with Gasteiger partial charge < -0.3 is 5.32 Å². The molecule has 0 spiro atoms. The summed E-state index contributed by atoms with van der Waals surface area (Å²) in [5.74, 6) is -0.797. The minimum Gasteiger partial charge on any atom is -0.310 e. The topological polar surface area (TPSA) is 55.2 Å². The molecule has 0 aliphatic heterocycles. The first-order valence-electron chi connectivity index (χ1n) is 5.41. The first kappa shape index (κ1) is 15.4. The number of hydrogen-bond donors (Lipinski definition) is 1. The summed E-state index contributed by atoms with van der Waals surface area (Å²) in [4.78, 5) is 9.74. The van der Waals surface area contributed by atoms with Crippen LogP contribution in [0.3, 0.4) is 0 Å². The van der Waals surface area contributed by atoms with Crippen molar-refractivity contribution in [1.29, 1.82) is 0 Å². The van der Waals surface area contributed by atoms with Gasteiger partial charge in [-0.15, -0.1) is 0 Å². The molecule has 0 radical (unpaired) electrons. The molecular weight excluding hydrogens is 268 g/mol. The van der Waals surface area contributed by atoms with E-state index in [1.54, 1.807) is 0 Å². The summed E-state index contributed by atoms with van der Waals surface area (Å²) in [5.41, 5.74) is -0.207. The van der Waals surface area contributed by atoms with E-state index in [-0.39, 0.29) is 12.1 Å². The van der Waals surface area contributed by atoms with Crippen molar-refractivity contribution >= 4 is 5.69 Å². The van der Waals surface area contributed by atoms with E-state index in [4.69, 9.17) is 0 Å². The molecule has 106 valence electrons. The average Bonchev–Trinajstić information content (AvgIpc) is 2.23. The third kappa shape index (κ3) is 5.64. The molecule has 8 heteroatoms. The number of nitro groups is 1. The zero-order valence-corrected chi connectivity index (χ0v) is 10.00. The zero-order valence-electron chi connectivity index (χ0n) is 10.00. The van der Waals surface area contributed by atoms with Crippen LogP contribution in [0.5, 0.6) is 0 Å². The Morgan fingerprint density at radius 1 is 1.37 bits per heavy atom. The summed E-state index contributed by atoms with van der Waals surface area (Å²) in [6, 6.07) is 2.06. The summed E-state index contributed by atoms with van der Waals surface area (Å²) >= 11 is 0. The number of rotatable bonds is 5. The van der Waals surface area contributed by atoms with E-state index in [2.05, 4.69) is 5.32 Å². The number of non-ortho nitro benzene ring substituents is 1. The molecule has 19 heavy (non-hydrogen) atoms. The minimum atomic E-state index is -4.29. The maximum atomic E-state index is 13.1. The number of nitrogens with one attached hydrogen (secondary N) is 1. The lowest BCUT2D eigenvalue weighted by Crippen LogP contribution is -2.30. The Balaban J connectivity index is 2.65. The van der Waals surface area contributed by atoms with Gasteiger partial charge in [-0.05, 0) is 18.6 Å². The molecule has 1 aromatic rings. The molecule has 1 rings (SSSR count). The molecule has 0 aliphatic carbocycles. The van der Waals surface area contributed by atoms with Crippen molar-refractivity contribution in [3.05, 3.63) is 39.7 Å². The van der Waals surface area contributed by atoms with E-state index in [9.17, 15) is 27.7 Å². The molecular formula is C11H12F4N2O2. The fourth-order valence-corrected chi connectivity index (χ4v) is 1.55. The third-order valence-corrected chi connectivity index (χ3v) is 2.35. The number of nitro benzene ring substituents is 1. The maximum Gasteiger partial charge on any atom is 0.390 e. The molecule has 0 fully saturated rings. The first-order valence-corrected chi connectivity index (χ1v) is 5.41. The largest absolute Gasteiger partial charge is 0.390 e. The molecule has 0 saturated carbocycles. The molecule has 0 heterocycles. The standard InChI is InChI=1S/C11H12F4N2O2/c1-7(5-11(13,14)15)16-6-8-2-9(12)4-10(3-8)17(18)19/h2-4,7,16H,5-6H2,1H3. The van der Waals surface area contributed by atoms with Gasteiger partial charge >= 0.3 is 6.18 Å². The SMILES string of the molecule is CC(CC(F)(F)F)NCc1cc(F)cc([N+](=O)[O-])c1. The lowest BCUT2D eigenvalue weighted by atomic mass is 10.1. The fraction of sp³-hybridized carbons (Fsp3) is 0.455. The summed E-state index contributed by atoms with van der Waals surface area (Å²) in [6.45, 7) is 1.26. The molecule has 0 saturated heterocycles. The van der Waals surface area contributed by atoms with Crippen LogP contribution in [0.2, 0.25) is 0 Å². The van der Waals surface area contributed by atoms with Crippen LogP contribution in [-0.2, 0) is 6.54 Å². The van der Waals surface area contributed by atoms with E-state index < -0.39 is 35.1 Å². The van der Waals surface area contributed by atoms with E-state index in [1.165, 1.54) is 6.92 Å². The zero-order chi connectivity index (χ0) is 14.6. The van der Waals surface area contributed by atoms with Gasteiger partial charge in [0.2, 0.25) is 0 Å². The quantitative estimate of drug-likeness (QED) is 0.512. The van der Waals surface area contributed by atoms with Crippen LogP contribution < -0.4 is 5.32 Å². The summed E-state index contributed by atoms with van der Waals surface area (Å²) in [7, 11) is 0. The Hall–Kier alpha value is -1.70. The second-order valence-corrected chi connectivity index (χ2v) is 4.18. The molecule has 0 aliphatic rings. The van der Waals surface area contributed by atoms with Gasteiger partial charge in [-0.1, -0.05) is 0 Å². The Morgan fingerprint density at radius 3 is 2.53 bits per heavy atom. The van der Waals surface area contributed by atoms with E-state index in [1.807, 2.05) is 0 Å². The number of alkyl halides is 3. The smallest absolute Gasteiger partial charge is 0.310 e. The molecule has 1 aromatic carbocycles. The summed E-state index contributed by atoms with van der Waals surface area (Å²) < 4.78 is 49.3. The van der Waals surface area contributed by atoms with Crippen LogP contribution in [0.15, 0.2) is 18.2 Å². The second kappa shape index (κ2) is 5.96. The van der Waals surface area contributed by atoms with Crippen LogP contribution in [0.4, 0.5) is 23.2 Å². The van der Waals surface area contributed by atoms with Crippen LogP contribution in [-0.4, -0.2) is 17.1 Å². The Morgan fingerprint density at radius 2 is 2.00 bits per heavy atom. The molecule has 1 atom stereocenters. The van der Waals surface area contributed by atoms with Crippen molar-refractivity contribution in [2.24, 2.45) is 0 Å². The van der Waals surface area contributed by atoms with Crippen molar-refractivity contribution in [1.82, 2.24) is 5.32 Å². The molecule has 1 unspecified atom stereocenters. The Kier molecular flexibility index (Phi) is 4.82. The molecule has 0 bridgehead atoms. The van der Waals surface area contributed by atoms with Crippen molar-refractivity contribution in [2.75, 3.05) is 0 Å². The number of nitrogens with zero attached hydrogens (tertiary/aromatic N) is 1. The van der Waals surface area contributed by atoms with Gasteiger partial charge in [-0.3, -0.25) is 10.1 Å². The first-order chi connectivity index (χ1) is 8.67. The highest BCUT2D eigenvalue weighted by Gasteiger charge is 2.29. The van der Waals surface area contributed by atoms with Crippen molar-refractivity contribution in [3.63, 3.8) is 0 Å². The van der Waals surface area contributed by atoms with Gasteiger partial charge in [0, 0.05) is 18.7 Å². The number of hydrogen-bond acceptors (Lipinski definition) is 3. The van der Waals surface area contributed by atoms with Gasteiger partial charge in [0.05, 0.1) is 17.4 Å². The number of benzene rings is 1. The lowest BCUT2D eigenvalue weighted by molar-refractivity contribution is -0.385. The Labute approximate surface area is 106 Å². The van der Waals surface area contributed by atoms with Gasteiger partial charge in [0.25, 0.3) is 5.69 Å². The number of halogens is 4. The van der Waals surface area contributed by atoms with Crippen molar-refractivity contribution < 1.29 is 22.5 Å².